The fraction of sp³-hybridized carbons (Fsp3) is 0.235. The van der Waals surface area contributed by atoms with E-state index in [-0.39, 0.29) is 11.7 Å². The minimum atomic E-state index is -0.278. The van der Waals surface area contributed by atoms with Gasteiger partial charge in [-0.3, -0.25) is 4.79 Å². The van der Waals surface area contributed by atoms with Gasteiger partial charge in [0.1, 0.15) is 5.82 Å². The summed E-state index contributed by atoms with van der Waals surface area (Å²) >= 11 is 0. The largest absolute Gasteiger partial charge is 0.384 e. The number of rotatable bonds is 4. The lowest BCUT2D eigenvalue weighted by Gasteiger charge is -2.17. The molecule has 3 nitrogen and oxygen atoms in total. The van der Waals surface area contributed by atoms with Crippen LogP contribution in [0, 0.1) is 5.82 Å². The van der Waals surface area contributed by atoms with Crippen LogP contribution >= 0.6 is 0 Å². The first-order valence-corrected chi connectivity index (χ1v) is 7.12. The zero-order valence-electron chi connectivity index (χ0n) is 11.7. The van der Waals surface area contributed by atoms with Gasteiger partial charge in [0.2, 0.25) is 5.91 Å². The van der Waals surface area contributed by atoms with Crippen molar-refractivity contribution in [1.82, 2.24) is 0 Å². The number of halogens is 1. The number of carbonyl (C=O) groups excluding carboxylic acids is 1. The minimum absolute atomic E-state index is 0.101. The average Bonchev–Trinajstić information content (AvgIpc) is 2.91. The van der Waals surface area contributed by atoms with Crippen LogP contribution in [-0.2, 0) is 11.2 Å². The Morgan fingerprint density at radius 2 is 2.05 bits per heavy atom. The van der Waals surface area contributed by atoms with Gasteiger partial charge in [0.05, 0.1) is 0 Å². The molecular formula is C17H17FN2O. The van der Waals surface area contributed by atoms with E-state index in [2.05, 4.69) is 11.4 Å². The summed E-state index contributed by atoms with van der Waals surface area (Å²) in [6, 6.07) is 14.3. The molecule has 108 valence electrons. The number of amides is 1. The second-order valence-electron chi connectivity index (χ2n) is 5.11. The molecule has 1 aliphatic heterocycles. The zero-order valence-corrected chi connectivity index (χ0v) is 11.7. The summed E-state index contributed by atoms with van der Waals surface area (Å²) in [4.78, 5) is 14.1. The van der Waals surface area contributed by atoms with Crippen molar-refractivity contribution in [3.8, 4) is 0 Å². The second kappa shape index (κ2) is 5.95. The second-order valence-corrected chi connectivity index (χ2v) is 5.11. The van der Waals surface area contributed by atoms with Crippen LogP contribution in [0.15, 0.2) is 48.5 Å². The topological polar surface area (TPSA) is 32.3 Å². The van der Waals surface area contributed by atoms with E-state index in [0.717, 1.165) is 18.7 Å². The van der Waals surface area contributed by atoms with Gasteiger partial charge in [-0.05, 0) is 36.2 Å². The number of anilines is 2. The van der Waals surface area contributed by atoms with E-state index in [9.17, 15) is 9.18 Å². The van der Waals surface area contributed by atoms with E-state index in [0.29, 0.717) is 18.7 Å². The van der Waals surface area contributed by atoms with Gasteiger partial charge in [-0.2, -0.15) is 0 Å². The SMILES string of the molecule is O=C(CCNc1cccc(F)c1)N1CCc2ccccc21. The predicted molar refractivity (Wildman–Crippen MR) is 82.0 cm³/mol. The molecule has 0 radical (unpaired) electrons. The molecule has 0 aliphatic carbocycles. The quantitative estimate of drug-likeness (QED) is 0.935. The summed E-state index contributed by atoms with van der Waals surface area (Å²) in [7, 11) is 0. The molecule has 21 heavy (non-hydrogen) atoms. The summed E-state index contributed by atoms with van der Waals surface area (Å²) in [5.41, 5.74) is 2.95. The minimum Gasteiger partial charge on any atom is -0.384 e. The molecule has 2 aromatic rings. The molecule has 0 unspecified atom stereocenters. The Hall–Kier alpha value is -2.36. The van der Waals surface area contributed by atoms with Gasteiger partial charge >= 0.3 is 0 Å². The molecule has 0 fully saturated rings. The predicted octanol–water partition coefficient (Wildman–Crippen LogP) is 3.22. The third-order valence-electron chi connectivity index (χ3n) is 3.68. The molecule has 0 spiro atoms. The van der Waals surface area contributed by atoms with Gasteiger partial charge in [0.15, 0.2) is 0 Å². The van der Waals surface area contributed by atoms with Crippen molar-refractivity contribution in [1.29, 1.82) is 0 Å². The Balaban J connectivity index is 1.56. The van der Waals surface area contributed by atoms with Crippen molar-refractivity contribution < 1.29 is 9.18 Å². The molecule has 4 heteroatoms. The molecule has 3 rings (SSSR count). The third kappa shape index (κ3) is 3.05. The number of benzene rings is 2. The Kier molecular flexibility index (Phi) is 3.86. The van der Waals surface area contributed by atoms with E-state index in [1.165, 1.54) is 17.7 Å². The molecule has 0 saturated heterocycles. The third-order valence-corrected chi connectivity index (χ3v) is 3.68. The summed E-state index contributed by atoms with van der Waals surface area (Å²) in [6.45, 7) is 1.25. The fourth-order valence-corrected chi connectivity index (χ4v) is 2.64. The maximum absolute atomic E-state index is 13.0. The Bertz CT molecular complexity index is 657. The standard InChI is InChI=1S/C17H17FN2O/c18-14-5-3-6-15(12-14)19-10-8-17(21)20-11-9-13-4-1-2-7-16(13)20/h1-7,12,19H,8-11H2. The number of hydrogen-bond acceptors (Lipinski definition) is 2. The summed E-state index contributed by atoms with van der Waals surface area (Å²) in [5, 5.41) is 3.08. The molecule has 1 heterocycles. The van der Waals surface area contributed by atoms with Crippen LogP contribution in [-0.4, -0.2) is 19.0 Å². The normalized spacial score (nSPS) is 13.1. The number of nitrogens with one attached hydrogen (secondary N) is 1. The van der Waals surface area contributed by atoms with Crippen LogP contribution in [0.25, 0.3) is 0 Å². The van der Waals surface area contributed by atoms with Crippen molar-refractivity contribution in [3.05, 3.63) is 59.9 Å². The van der Waals surface area contributed by atoms with E-state index in [4.69, 9.17) is 0 Å². The van der Waals surface area contributed by atoms with Crippen LogP contribution < -0.4 is 10.2 Å². The first-order valence-electron chi connectivity index (χ1n) is 7.12. The fourth-order valence-electron chi connectivity index (χ4n) is 2.64. The smallest absolute Gasteiger partial charge is 0.228 e. The van der Waals surface area contributed by atoms with Gasteiger partial charge < -0.3 is 10.2 Å². The molecule has 0 saturated carbocycles. The number of hydrogen-bond donors (Lipinski definition) is 1. The maximum Gasteiger partial charge on any atom is 0.228 e. The lowest BCUT2D eigenvalue weighted by molar-refractivity contribution is -0.118. The summed E-state index contributed by atoms with van der Waals surface area (Å²) in [5.74, 6) is -0.177. The van der Waals surface area contributed by atoms with Gasteiger partial charge in [0.25, 0.3) is 0 Å². The summed E-state index contributed by atoms with van der Waals surface area (Å²) < 4.78 is 13.0. The molecule has 0 bridgehead atoms. The van der Waals surface area contributed by atoms with E-state index in [1.54, 1.807) is 12.1 Å². The Morgan fingerprint density at radius 1 is 1.19 bits per heavy atom. The van der Waals surface area contributed by atoms with Crippen LogP contribution in [0.2, 0.25) is 0 Å². The lowest BCUT2D eigenvalue weighted by Crippen LogP contribution is -2.30. The molecule has 1 amide bonds. The molecule has 2 aromatic carbocycles. The van der Waals surface area contributed by atoms with Crippen LogP contribution in [0.5, 0.6) is 0 Å². The Labute approximate surface area is 123 Å². The molecule has 0 aromatic heterocycles. The van der Waals surface area contributed by atoms with Gasteiger partial charge in [-0.15, -0.1) is 0 Å². The van der Waals surface area contributed by atoms with Crippen LogP contribution in [0.1, 0.15) is 12.0 Å². The first-order chi connectivity index (χ1) is 10.2. The van der Waals surface area contributed by atoms with Crippen LogP contribution in [0.3, 0.4) is 0 Å². The van der Waals surface area contributed by atoms with Gasteiger partial charge in [-0.1, -0.05) is 24.3 Å². The van der Waals surface area contributed by atoms with Crippen molar-refractivity contribution in [2.75, 3.05) is 23.3 Å². The molecular weight excluding hydrogens is 267 g/mol. The Morgan fingerprint density at radius 3 is 2.90 bits per heavy atom. The highest BCUT2D eigenvalue weighted by Crippen LogP contribution is 2.27. The molecule has 1 aliphatic rings. The summed E-state index contributed by atoms with van der Waals surface area (Å²) in [6.07, 6.45) is 1.31. The number of carbonyl (C=O) groups is 1. The van der Waals surface area contributed by atoms with Crippen molar-refractivity contribution in [3.63, 3.8) is 0 Å². The van der Waals surface area contributed by atoms with Crippen molar-refractivity contribution in [2.45, 2.75) is 12.8 Å². The van der Waals surface area contributed by atoms with E-state index >= 15 is 0 Å². The van der Waals surface area contributed by atoms with Crippen molar-refractivity contribution in [2.24, 2.45) is 0 Å². The van der Waals surface area contributed by atoms with E-state index in [1.807, 2.05) is 23.1 Å². The maximum atomic E-state index is 13.0. The number of nitrogens with zero attached hydrogens (tertiary/aromatic N) is 1. The highest BCUT2D eigenvalue weighted by Gasteiger charge is 2.23. The molecule has 0 atom stereocenters. The van der Waals surface area contributed by atoms with Gasteiger partial charge in [0, 0.05) is 30.9 Å². The lowest BCUT2D eigenvalue weighted by atomic mass is 10.2. The first kappa shape index (κ1) is 13.6. The highest BCUT2D eigenvalue weighted by molar-refractivity contribution is 5.95. The average molecular weight is 284 g/mol. The van der Waals surface area contributed by atoms with Crippen LogP contribution in [0.4, 0.5) is 15.8 Å². The van der Waals surface area contributed by atoms with Crippen molar-refractivity contribution >= 4 is 17.3 Å². The highest BCUT2D eigenvalue weighted by atomic mass is 19.1. The zero-order chi connectivity index (χ0) is 14.7. The number of fused-ring (bicyclic) bond motifs is 1. The molecule has 1 N–H and O–H groups in total. The van der Waals surface area contributed by atoms with Gasteiger partial charge in [-0.25, -0.2) is 4.39 Å². The van der Waals surface area contributed by atoms with E-state index < -0.39 is 0 Å². The number of para-hydroxylation sites is 1. The monoisotopic (exact) mass is 284 g/mol.